The Morgan fingerprint density at radius 2 is 2.00 bits per heavy atom. The van der Waals surface area contributed by atoms with Crippen LogP contribution in [0.4, 0.5) is 5.69 Å². The Labute approximate surface area is 112 Å². The third kappa shape index (κ3) is 3.05. The molecule has 2 rings (SSSR count). The second kappa shape index (κ2) is 5.18. The second-order valence-corrected chi connectivity index (χ2v) is 6.06. The zero-order valence-corrected chi connectivity index (χ0v) is 11.4. The van der Waals surface area contributed by atoms with Crippen molar-refractivity contribution < 1.29 is 17.9 Å². The van der Waals surface area contributed by atoms with Crippen LogP contribution in [-0.4, -0.2) is 34.6 Å². The largest absolute Gasteiger partial charge is 0.469 e. The van der Waals surface area contributed by atoms with E-state index in [-0.39, 0.29) is 16.8 Å². The summed E-state index contributed by atoms with van der Waals surface area (Å²) in [7, 11) is -2.28. The van der Waals surface area contributed by atoms with Crippen LogP contribution in [0.15, 0.2) is 29.2 Å². The molecule has 0 saturated carbocycles. The van der Waals surface area contributed by atoms with Gasteiger partial charge in [0.2, 0.25) is 10.0 Å². The van der Waals surface area contributed by atoms with E-state index in [1.807, 2.05) is 4.90 Å². The van der Waals surface area contributed by atoms with Crippen molar-refractivity contribution in [3.05, 3.63) is 24.3 Å². The highest BCUT2D eigenvalue weighted by Crippen LogP contribution is 2.25. The number of esters is 1. The summed E-state index contributed by atoms with van der Waals surface area (Å²) in [6.45, 7) is 1.33. The number of nitrogens with zero attached hydrogens (tertiary/aromatic N) is 1. The molecule has 19 heavy (non-hydrogen) atoms. The van der Waals surface area contributed by atoms with Crippen molar-refractivity contribution in [2.75, 3.05) is 25.1 Å². The molecule has 7 heteroatoms. The number of primary sulfonamides is 1. The quantitative estimate of drug-likeness (QED) is 0.808. The van der Waals surface area contributed by atoms with Crippen molar-refractivity contribution in [1.82, 2.24) is 0 Å². The van der Waals surface area contributed by atoms with Gasteiger partial charge < -0.3 is 9.64 Å². The summed E-state index contributed by atoms with van der Waals surface area (Å²) in [6, 6.07) is 6.32. The van der Waals surface area contributed by atoms with Crippen LogP contribution in [0.2, 0.25) is 0 Å². The van der Waals surface area contributed by atoms with Crippen molar-refractivity contribution in [3.8, 4) is 0 Å². The second-order valence-electron chi connectivity index (χ2n) is 4.49. The number of hydrogen-bond acceptors (Lipinski definition) is 5. The Balaban J connectivity index is 2.10. The van der Waals surface area contributed by atoms with Crippen molar-refractivity contribution in [3.63, 3.8) is 0 Å². The van der Waals surface area contributed by atoms with Crippen LogP contribution in [0.5, 0.6) is 0 Å². The standard InChI is InChI=1S/C12H16N2O4S/c1-18-12(15)9-6-7-14(8-9)10-2-4-11(5-3-10)19(13,16)17/h2-5,9H,6-8H2,1H3,(H2,13,16,17). The fourth-order valence-corrected chi connectivity index (χ4v) is 2.72. The minimum Gasteiger partial charge on any atom is -0.469 e. The minimum absolute atomic E-state index is 0.0833. The number of carbonyl (C=O) groups excluding carboxylic acids is 1. The number of ether oxygens (including phenoxy) is 1. The van der Waals surface area contributed by atoms with Crippen LogP contribution in [-0.2, 0) is 19.6 Å². The average molecular weight is 284 g/mol. The van der Waals surface area contributed by atoms with Gasteiger partial charge in [-0.3, -0.25) is 4.79 Å². The van der Waals surface area contributed by atoms with Crippen LogP contribution < -0.4 is 10.0 Å². The van der Waals surface area contributed by atoms with Crippen molar-refractivity contribution in [2.24, 2.45) is 11.1 Å². The maximum Gasteiger partial charge on any atom is 0.310 e. The van der Waals surface area contributed by atoms with Crippen LogP contribution in [0.1, 0.15) is 6.42 Å². The Bertz CT molecular complexity index is 568. The molecule has 2 N–H and O–H groups in total. The Hall–Kier alpha value is -1.60. The van der Waals surface area contributed by atoms with Gasteiger partial charge in [0, 0.05) is 18.8 Å². The summed E-state index contributed by atoms with van der Waals surface area (Å²) < 4.78 is 27.0. The molecule has 0 amide bonds. The van der Waals surface area contributed by atoms with Gasteiger partial charge in [-0.05, 0) is 30.7 Å². The van der Waals surface area contributed by atoms with Crippen LogP contribution in [0, 0.1) is 5.92 Å². The van der Waals surface area contributed by atoms with Crippen molar-refractivity contribution in [1.29, 1.82) is 0 Å². The molecule has 1 fully saturated rings. The molecule has 1 saturated heterocycles. The molecule has 1 aliphatic heterocycles. The van der Waals surface area contributed by atoms with E-state index >= 15 is 0 Å². The molecular formula is C12H16N2O4S. The van der Waals surface area contributed by atoms with Gasteiger partial charge >= 0.3 is 5.97 Å². The van der Waals surface area contributed by atoms with Crippen molar-refractivity contribution in [2.45, 2.75) is 11.3 Å². The monoisotopic (exact) mass is 284 g/mol. The molecule has 6 nitrogen and oxygen atoms in total. The molecule has 0 aliphatic carbocycles. The van der Waals surface area contributed by atoms with Crippen LogP contribution in [0.3, 0.4) is 0 Å². The first-order chi connectivity index (χ1) is 8.91. The highest BCUT2D eigenvalue weighted by Gasteiger charge is 2.29. The molecule has 1 atom stereocenters. The first-order valence-corrected chi connectivity index (χ1v) is 7.42. The Morgan fingerprint density at radius 3 is 2.53 bits per heavy atom. The fraction of sp³-hybridized carbons (Fsp3) is 0.417. The van der Waals surface area contributed by atoms with E-state index in [1.54, 1.807) is 12.1 Å². The van der Waals surface area contributed by atoms with E-state index in [0.29, 0.717) is 6.54 Å². The summed E-state index contributed by atoms with van der Waals surface area (Å²) in [5.74, 6) is -0.327. The van der Waals surface area contributed by atoms with Gasteiger partial charge in [0.05, 0.1) is 17.9 Å². The first kappa shape index (κ1) is 13.8. The lowest BCUT2D eigenvalue weighted by atomic mass is 10.1. The van der Waals surface area contributed by atoms with Gasteiger partial charge in [0.1, 0.15) is 0 Å². The lowest BCUT2D eigenvalue weighted by molar-refractivity contribution is -0.144. The molecule has 0 bridgehead atoms. The molecule has 1 unspecified atom stereocenters. The lowest BCUT2D eigenvalue weighted by Crippen LogP contribution is -2.23. The summed E-state index contributed by atoms with van der Waals surface area (Å²) >= 11 is 0. The molecule has 1 aliphatic rings. The fourth-order valence-electron chi connectivity index (χ4n) is 2.20. The number of nitrogens with two attached hydrogens (primary N) is 1. The molecule has 0 spiro atoms. The maximum absolute atomic E-state index is 11.4. The van der Waals surface area contributed by atoms with Gasteiger partial charge in [-0.1, -0.05) is 0 Å². The predicted molar refractivity (Wildman–Crippen MR) is 70.2 cm³/mol. The van der Waals surface area contributed by atoms with Gasteiger partial charge in [0.15, 0.2) is 0 Å². The third-order valence-electron chi connectivity index (χ3n) is 3.25. The predicted octanol–water partition coefficient (Wildman–Crippen LogP) is 0.333. The van der Waals surface area contributed by atoms with Gasteiger partial charge in [-0.25, -0.2) is 13.6 Å². The number of carbonyl (C=O) groups is 1. The van der Waals surface area contributed by atoms with E-state index in [2.05, 4.69) is 0 Å². The molecule has 1 aromatic rings. The average Bonchev–Trinajstić information content (AvgIpc) is 2.86. The Morgan fingerprint density at radius 1 is 1.37 bits per heavy atom. The van der Waals surface area contributed by atoms with Crippen LogP contribution >= 0.6 is 0 Å². The zero-order valence-electron chi connectivity index (χ0n) is 10.6. The molecule has 1 aromatic carbocycles. The maximum atomic E-state index is 11.4. The summed E-state index contributed by atoms with van der Waals surface area (Å²) in [4.78, 5) is 13.5. The first-order valence-electron chi connectivity index (χ1n) is 5.87. The number of benzene rings is 1. The smallest absolute Gasteiger partial charge is 0.310 e. The van der Waals surface area contributed by atoms with Crippen molar-refractivity contribution >= 4 is 21.7 Å². The SMILES string of the molecule is COC(=O)C1CCN(c2ccc(S(N)(=O)=O)cc2)C1. The number of hydrogen-bond donors (Lipinski definition) is 1. The number of methoxy groups -OCH3 is 1. The van der Waals surface area contributed by atoms with E-state index in [9.17, 15) is 13.2 Å². The summed E-state index contributed by atoms with van der Waals surface area (Å²) in [5, 5.41) is 5.04. The number of anilines is 1. The minimum atomic E-state index is -3.66. The molecule has 0 radical (unpaired) electrons. The third-order valence-corrected chi connectivity index (χ3v) is 4.18. The zero-order chi connectivity index (χ0) is 14.0. The van der Waals surface area contributed by atoms with Crippen LogP contribution in [0.25, 0.3) is 0 Å². The molecular weight excluding hydrogens is 268 g/mol. The van der Waals surface area contributed by atoms with Gasteiger partial charge in [-0.15, -0.1) is 0 Å². The van der Waals surface area contributed by atoms with E-state index < -0.39 is 10.0 Å². The Kier molecular flexibility index (Phi) is 3.77. The normalized spacial score (nSPS) is 19.5. The molecule has 104 valence electrons. The highest BCUT2D eigenvalue weighted by atomic mass is 32.2. The molecule has 0 aromatic heterocycles. The topological polar surface area (TPSA) is 89.7 Å². The van der Waals surface area contributed by atoms with E-state index in [0.717, 1.165) is 18.7 Å². The lowest BCUT2D eigenvalue weighted by Gasteiger charge is -2.18. The van der Waals surface area contributed by atoms with E-state index in [4.69, 9.17) is 9.88 Å². The summed E-state index contributed by atoms with van der Waals surface area (Å²) in [5.41, 5.74) is 0.874. The van der Waals surface area contributed by atoms with Gasteiger partial charge in [0.25, 0.3) is 0 Å². The molecule has 1 heterocycles. The number of rotatable bonds is 3. The van der Waals surface area contributed by atoms with Gasteiger partial charge in [-0.2, -0.15) is 0 Å². The summed E-state index contributed by atoms with van der Waals surface area (Å²) in [6.07, 6.45) is 0.740. The number of sulfonamides is 1. The van der Waals surface area contributed by atoms with E-state index in [1.165, 1.54) is 19.2 Å². The highest BCUT2D eigenvalue weighted by molar-refractivity contribution is 7.89.